The van der Waals surface area contributed by atoms with Gasteiger partial charge in [0.15, 0.2) is 10.3 Å². The third kappa shape index (κ3) is 4.45. The van der Waals surface area contributed by atoms with Crippen LogP contribution in [0.25, 0.3) is 0 Å². The molecule has 3 nitrogen and oxygen atoms in total. The number of hydrogen-bond donors (Lipinski definition) is 1. The minimum absolute atomic E-state index is 0.347. The molecule has 0 saturated heterocycles. The number of nitrogens with one attached hydrogen (secondary N) is 1. The summed E-state index contributed by atoms with van der Waals surface area (Å²) in [5, 5.41) is 11.3. The fraction of sp³-hybridized carbons (Fsp3) is 0.556. The molecule has 0 aliphatic carbocycles. The summed E-state index contributed by atoms with van der Waals surface area (Å²) in [7, 11) is 0. The van der Waals surface area contributed by atoms with Crippen molar-refractivity contribution in [2.45, 2.75) is 6.92 Å². The number of anilines is 1. The Morgan fingerprint density at radius 3 is 2.87 bits per heavy atom. The Bertz CT molecular complexity index is 322. The summed E-state index contributed by atoms with van der Waals surface area (Å²) in [5.41, 5.74) is 0.740. The van der Waals surface area contributed by atoms with Crippen molar-refractivity contribution >= 4 is 40.7 Å². The van der Waals surface area contributed by atoms with Crippen LogP contribution in [0.15, 0.2) is 6.07 Å². The molecule has 1 N–H and O–H groups in total. The first-order valence-corrected chi connectivity index (χ1v) is 6.70. The molecule has 6 heteroatoms. The Morgan fingerprint density at radius 1 is 1.47 bits per heavy atom. The zero-order chi connectivity index (χ0) is 11.3. The summed E-state index contributed by atoms with van der Waals surface area (Å²) in [5.74, 6) is 1.68. The van der Waals surface area contributed by atoms with Crippen molar-refractivity contribution in [2.75, 3.05) is 23.9 Å². The van der Waals surface area contributed by atoms with E-state index in [9.17, 15) is 0 Å². The number of thioether (sulfide) groups is 1. The first kappa shape index (κ1) is 12.9. The molecule has 1 heterocycles. The van der Waals surface area contributed by atoms with E-state index in [1.54, 1.807) is 6.07 Å². The Kier molecular flexibility index (Phi) is 5.50. The van der Waals surface area contributed by atoms with Crippen LogP contribution in [0.5, 0.6) is 0 Å². The first-order valence-electron chi connectivity index (χ1n) is 4.55. The predicted octanol–water partition coefficient (Wildman–Crippen LogP) is 3.19. The van der Waals surface area contributed by atoms with Crippen molar-refractivity contribution in [1.29, 1.82) is 0 Å². The van der Waals surface area contributed by atoms with E-state index in [2.05, 4.69) is 28.7 Å². The highest BCUT2D eigenvalue weighted by Crippen LogP contribution is 2.21. The number of aromatic nitrogens is 2. The molecule has 1 atom stereocenters. The highest BCUT2D eigenvalue weighted by atomic mass is 35.5. The summed E-state index contributed by atoms with van der Waals surface area (Å²) in [6, 6.07) is 1.68. The molecule has 0 radical (unpaired) electrons. The second-order valence-electron chi connectivity index (χ2n) is 3.31. The zero-order valence-electron chi connectivity index (χ0n) is 8.63. The van der Waals surface area contributed by atoms with Crippen molar-refractivity contribution in [3.8, 4) is 0 Å². The highest BCUT2D eigenvalue weighted by molar-refractivity contribution is 7.98. The van der Waals surface area contributed by atoms with Crippen LogP contribution in [0.1, 0.15) is 6.92 Å². The van der Waals surface area contributed by atoms with Gasteiger partial charge in [0.25, 0.3) is 0 Å². The molecule has 0 bridgehead atoms. The number of nitrogens with zero attached hydrogens (tertiary/aromatic N) is 2. The van der Waals surface area contributed by atoms with Crippen LogP contribution in [0.3, 0.4) is 0 Å². The molecule has 84 valence electrons. The first-order chi connectivity index (χ1) is 7.13. The molecule has 1 aromatic rings. The maximum Gasteiger partial charge on any atom is 0.174 e. The van der Waals surface area contributed by atoms with Gasteiger partial charge in [0.2, 0.25) is 0 Å². The quantitative estimate of drug-likeness (QED) is 0.888. The minimum atomic E-state index is 0.347. The van der Waals surface area contributed by atoms with Gasteiger partial charge in [-0.05, 0) is 17.9 Å². The summed E-state index contributed by atoms with van der Waals surface area (Å²) in [6.07, 6.45) is 2.09. The van der Waals surface area contributed by atoms with Gasteiger partial charge < -0.3 is 5.32 Å². The molecule has 0 aromatic carbocycles. The number of rotatable bonds is 5. The predicted molar refractivity (Wildman–Crippen MR) is 68.1 cm³/mol. The second-order valence-corrected chi connectivity index (χ2v) is 4.97. The van der Waals surface area contributed by atoms with Crippen LogP contribution in [-0.2, 0) is 0 Å². The van der Waals surface area contributed by atoms with Crippen LogP contribution >= 0.6 is 35.0 Å². The Hall–Kier alpha value is -0.190. The molecular formula is C9H13Cl2N3S. The Labute approximate surface area is 104 Å². The highest BCUT2D eigenvalue weighted by Gasteiger charge is 2.06. The van der Waals surface area contributed by atoms with E-state index >= 15 is 0 Å². The summed E-state index contributed by atoms with van der Waals surface area (Å²) < 4.78 is 0. The summed E-state index contributed by atoms with van der Waals surface area (Å²) in [6.45, 7) is 3.02. The van der Waals surface area contributed by atoms with E-state index in [-0.39, 0.29) is 0 Å². The molecule has 0 aliphatic heterocycles. The van der Waals surface area contributed by atoms with Crippen molar-refractivity contribution < 1.29 is 0 Å². The van der Waals surface area contributed by atoms with Gasteiger partial charge in [0, 0.05) is 12.6 Å². The molecular weight excluding hydrogens is 253 g/mol. The SMILES string of the molecule is CSCC(C)CNc1cc(Cl)nnc1Cl. The van der Waals surface area contributed by atoms with E-state index in [1.807, 2.05) is 11.8 Å². The molecule has 1 rings (SSSR count). The van der Waals surface area contributed by atoms with Gasteiger partial charge in [-0.25, -0.2) is 0 Å². The lowest BCUT2D eigenvalue weighted by atomic mass is 10.2. The van der Waals surface area contributed by atoms with Gasteiger partial charge in [-0.1, -0.05) is 30.1 Å². The third-order valence-electron chi connectivity index (χ3n) is 1.81. The fourth-order valence-electron chi connectivity index (χ4n) is 1.10. The van der Waals surface area contributed by atoms with E-state index < -0.39 is 0 Å². The van der Waals surface area contributed by atoms with Crippen LogP contribution in [-0.4, -0.2) is 28.8 Å². The van der Waals surface area contributed by atoms with Crippen LogP contribution in [0.4, 0.5) is 5.69 Å². The molecule has 0 spiro atoms. The topological polar surface area (TPSA) is 37.8 Å². The molecule has 1 aromatic heterocycles. The van der Waals surface area contributed by atoms with E-state index in [4.69, 9.17) is 23.2 Å². The van der Waals surface area contributed by atoms with E-state index in [0.717, 1.165) is 18.0 Å². The molecule has 0 amide bonds. The molecule has 0 fully saturated rings. The molecule has 15 heavy (non-hydrogen) atoms. The van der Waals surface area contributed by atoms with Gasteiger partial charge in [-0.15, -0.1) is 10.2 Å². The van der Waals surface area contributed by atoms with Crippen LogP contribution in [0.2, 0.25) is 10.3 Å². The average Bonchev–Trinajstić information content (AvgIpc) is 2.20. The lowest BCUT2D eigenvalue weighted by molar-refractivity contribution is 0.701. The molecule has 1 unspecified atom stereocenters. The van der Waals surface area contributed by atoms with Crippen LogP contribution in [0, 0.1) is 5.92 Å². The Balaban J connectivity index is 2.53. The fourth-order valence-corrected chi connectivity index (χ4v) is 2.10. The average molecular weight is 266 g/mol. The normalized spacial score (nSPS) is 12.5. The number of halogens is 2. The van der Waals surface area contributed by atoms with Gasteiger partial charge in [-0.2, -0.15) is 11.8 Å². The van der Waals surface area contributed by atoms with Gasteiger partial charge in [-0.3, -0.25) is 0 Å². The standard InChI is InChI=1S/C9H13Cl2N3S/c1-6(5-15-2)4-12-7-3-8(10)13-14-9(7)11/h3,6H,4-5H2,1-2H3,(H,12,13). The van der Waals surface area contributed by atoms with E-state index in [1.165, 1.54) is 0 Å². The maximum atomic E-state index is 5.86. The summed E-state index contributed by atoms with van der Waals surface area (Å²) >= 11 is 13.4. The van der Waals surface area contributed by atoms with E-state index in [0.29, 0.717) is 16.2 Å². The van der Waals surface area contributed by atoms with Crippen molar-refractivity contribution in [1.82, 2.24) is 10.2 Å². The summed E-state index contributed by atoms with van der Waals surface area (Å²) in [4.78, 5) is 0. The van der Waals surface area contributed by atoms with Crippen molar-refractivity contribution in [3.05, 3.63) is 16.4 Å². The lowest BCUT2D eigenvalue weighted by Gasteiger charge is -2.12. The monoisotopic (exact) mass is 265 g/mol. The van der Waals surface area contributed by atoms with Gasteiger partial charge in [0.05, 0.1) is 5.69 Å². The van der Waals surface area contributed by atoms with Gasteiger partial charge >= 0.3 is 0 Å². The Morgan fingerprint density at radius 2 is 2.20 bits per heavy atom. The number of hydrogen-bond acceptors (Lipinski definition) is 4. The van der Waals surface area contributed by atoms with Crippen LogP contribution < -0.4 is 5.32 Å². The third-order valence-corrected chi connectivity index (χ3v) is 3.18. The largest absolute Gasteiger partial charge is 0.382 e. The smallest absolute Gasteiger partial charge is 0.174 e. The molecule has 0 aliphatic rings. The minimum Gasteiger partial charge on any atom is -0.382 e. The molecule has 0 saturated carbocycles. The maximum absolute atomic E-state index is 5.86. The lowest BCUT2D eigenvalue weighted by Crippen LogP contribution is -2.13. The van der Waals surface area contributed by atoms with Gasteiger partial charge in [0.1, 0.15) is 0 Å². The second kappa shape index (κ2) is 6.40. The zero-order valence-corrected chi connectivity index (χ0v) is 11.0. The van der Waals surface area contributed by atoms with Crippen molar-refractivity contribution in [3.63, 3.8) is 0 Å². The van der Waals surface area contributed by atoms with Crippen molar-refractivity contribution in [2.24, 2.45) is 5.92 Å².